The molecule has 0 atom stereocenters. The Morgan fingerprint density at radius 1 is 1.35 bits per heavy atom. The lowest BCUT2D eigenvalue weighted by Crippen LogP contribution is -2.27. The van der Waals surface area contributed by atoms with E-state index in [-0.39, 0.29) is 5.91 Å². The minimum Gasteiger partial charge on any atom is -0.379 e. The van der Waals surface area contributed by atoms with Crippen molar-refractivity contribution in [3.05, 3.63) is 33.8 Å². The van der Waals surface area contributed by atoms with Crippen LogP contribution in [0.4, 0.5) is 0 Å². The average Bonchev–Trinajstić information content (AvgIpc) is 2.28. The second-order valence-electron chi connectivity index (χ2n) is 3.18. The Bertz CT molecular complexity index is 388. The van der Waals surface area contributed by atoms with E-state index in [4.69, 9.17) is 27.9 Å². The summed E-state index contributed by atoms with van der Waals surface area (Å²) in [5.74, 6) is -0.228. The summed E-state index contributed by atoms with van der Waals surface area (Å²) < 4.78 is 5.20. The number of amides is 1. The summed E-state index contributed by atoms with van der Waals surface area (Å²) in [6, 6.07) is 4.77. The van der Waals surface area contributed by atoms with Crippen molar-refractivity contribution in [2.24, 2.45) is 0 Å². The zero-order valence-corrected chi connectivity index (χ0v) is 12.1. The van der Waals surface area contributed by atoms with Crippen LogP contribution in [0.5, 0.6) is 0 Å². The monoisotopic (exact) mass is 339 g/mol. The van der Waals surface area contributed by atoms with Gasteiger partial charge in [0.25, 0.3) is 5.91 Å². The molecule has 1 rings (SSSR count). The van der Waals surface area contributed by atoms with Gasteiger partial charge in [-0.25, -0.2) is 0 Å². The van der Waals surface area contributed by atoms with Gasteiger partial charge in [-0.15, -0.1) is 0 Å². The number of carbonyl (C=O) groups excluding carboxylic acids is 1. The number of rotatable bonds is 6. The molecule has 0 aliphatic carbocycles. The molecule has 0 unspecified atom stereocenters. The molecular formula is C11H12BrCl2NO2. The molecule has 1 N–H and O–H groups in total. The Morgan fingerprint density at radius 3 is 2.76 bits per heavy atom. The van der Waals surface area contributed by atoms with Crippen molar-refractivity contribution in [1.82, 2.24) is 5.32 Å². The molecule has 0 saturated heterocycles. The summed E-state index contributed by atoms with van der Waals surface area (Å²) in [5, 5.41) is 4.34. The Kier molecular flexibility index (Phi) is 6.89. The van der Waals surface area contributed by atoms with E-state index in [1.807, 2.05) is 0 Å². The average molecular weight is 341 g/mol. The van der Waals surface area contributed by atoms with Crippen molar-refractivity contribution < 1.29 is 9.53 Å². The smallest absolute Gasteiger partial charge is 0.252 e. The number of hydrogen-bond donors (Lipinski definition) is 1. The van der Waals surface area contributed by atoms with E-state index >= 15 is 0 Å². The molecule has 1 amide bonds. The molecule has 0 aromatic heterocycles. The van der Waals surface area contributed by atoms with Gasteiger partial charge in [0.05, 0.1) is 23.8 Å². The molecule has 6 heteroatoms. The molecule has 0 saturated carbocycles. The predicted molar refractivity (Wildman–Crippen MR) is 73.4 cm³/mol. The van der Waals surface area contributed by atoms with Crippen LogP contribution in [0.1, 0.15) is 10.4 Å². The van der Waals surface area contributed by atoms with Crippen LogP contribution in [0.15, 0.2) is 18.2 Å². The minimum absolute atomic E-state index is 0.228. The fourth-order valence-corrected chi connectivity index (χ4v) is 1.89. The van der Waals surface area contributed by atoms with Crippen LogP contribution in [0, 0.1) is 0 Å². The van der Waals surface area contributed by atoms with E-state index in [0.29, 0.717) is 35.4 Å². The van der Waals surface area contributed by atoms with Crippen LogP contribution in [-0.2, 0) is 4.74 Å². The molecule has 3 nitrogen and oxygen atoms in total. The van der Waals surface area contributed by atoms with E-state index < -0.39 is 0 Å². The molecule has 0 radical (unpaired) electrons. The second kappa shape index (κ2) is 7.93. The highest BCUT2D eigenvalue weighted by atomic mass is 79.9. The summed E-state index contributed by atoms with van der Waals surface area (Å²) in [4.78, 5) is 11.7. The lowest BCUT2D eigenvalue weighted by atomic mass is 10.2. The van der Waals surface area contributed by atoms with Crippen molar-refractivity contribution in [3.63, 3.8) is 0 Å². The molecule has 94 valence electrons. The number of alkyl halides is 1. The SMILES string of the molecule is O=C(NCCOCCBr)c1ccc(Cl)cc1Cl. The van der Waals surface area contributed by atoms with Gasteiger partial charge in [0.15, 0.2) is 0 Å². The number of hydrogen-bond acceptors (Lipinski definition) is 2. The zero-order valence-electron chi connectivity index (χ0n) is 9.01. The maximum atomic E-state index is 11.7. The summed E-state index contributed by atoms with van der Waals surface area (Å²) in [6.45, 7) is 1.55. The number of ether oxygens (including phenoxy) is 1. The highest BCUT2D eigenvalue weighted by molar-refractivity contribution is 9.09. The largest absolute Gasteiger partial charge is 0.379 e. The Morgan fingerprint density at radius 2 is 2.12 bits per heavy atom. The van der Waals surface area contributed by atoms with Crippen molar-refractivity contribution in [1.29, 1.82) is 0 Å². The standard InChI is InChI=1S/C11H12BrCl2NO2/c12-3-5-17-6-4-15-11(16)9-2-1-8(13)7-10(9)14/h1-2,7H,3-6H2,(H,15,16). The van der Waals surface area contributed by atoms with E-state index in [9.17, 15) is 4.79 Å². The fourth-order valence-electron chi connectivity index (χ4n) is 1.16. The number of benzene rings is 1. The first-order valence-electron chi connectivity index (χ1n) is 5.02. The van der Waals surface area contributed by atoms with Gasteiger partial charge in [-0.2, -0.15) is 0 Å². The van der Waals surface area contributed by atoms with Gasteiger partial charge in [-0.3, -0.25) is 4.79 Å². The Labute approximate surface area is 119 Å². The first-order chi connectivity index (χ1) is 8.15. The third kappa shape index (κ3) is 5.25. The van der Waals surface area contributed by atoms with Crippen molar-refractivity contribution in [2.75, 3.05) is 25.1 Å². The molecular weight excluding hydrogens is 329 g/mol. The molecule has 1 aromatic carbocycles. The van der Waals surface area contributed by atoms with Gasteiger partial charge in [0.2, 0.25) is 0 Å². The number of nitrogens with one attached hydrogen (secondary N) is 1. The van der Waals surface area contributed by atoms with Crippen LogP contribution < -0.4 is 5.32 Å². The van der Waals surface area contributed by atoms with Crippen LogP contribution in [-0.4, -0.2) is 31.0 Å². The summed E-state index contributed by atoms with van der Waals surface area (Å²) in [7, 11) is 0. The zero-order chi connectivity index (χ0) is 12.7. The van der Waals surface area contributed by atoms with Crippen LogP contribution in [0.2, 0.25) is 10.0 Å². The van der Waals surface area contributed by atoms with Crippen LogP contribution in [0.3, 0.4) is 0 Å². The molecule has 0 spiro atoms. The molecule has 1 aromatic rings. The second-order valence-corrected chi connectivity index (χ2v) is 4.82. The van der Waals surface area contributed by atoms with Crippen molar-refractivity contribution >= 4 is 45.0 Å². The third-order valence-electron chi connectivity index (χ3n) is 1.93. The maximum Gasteiger partial charge on any atom is 0.252 e. The lowest BCUT2D eigenvalue weighted by Gasteiger charge is -2.07. The molecule has 0 fully saturated rings. The number of carbonyl (C=O) groups is 1. The highest BCUT2D eigenvalue weighted by Gasteiger charge is 2.09. The van der Waals surface area contributed by atoms with E-state index in [1.165, 1.54) is 0 Å². The highest BCUT2D eigenvalue weighted by Crippen LogP contribution is 2.20. The van der Waals surface area contributed by atoms with Gasteiger partial charge < -0.3 is 10.1 Å². The van der Waals surface area contributed by atoms with E-state index in [2.05, 4.69) is 21.2 Å². The molecule has 0 aliphatic rings. The number of halogens is 3. The van der Waals surface area contributed by atoms with Crippen LogP contribution in [0.25, 0.3) is 0 Å². The van der Waals surface area contributed by atoms with Crippen molar-refractivity contribution in [3.8, 4) is 0 Å². The third-order valence-corrected chi connectivity index (χ3v) is 2.80. The Hall–Kier alpha value is -0.290. The van der Waals surface area contributed by atoms with Crippen molar-refractivity contribution in [2.45, 2.75) is 0 Å². The first kappa shape index (κ1) is 14.8. The summed E-state index contributed by atoms with van der Waals surface area (Å²) in [6.07, 6.45) is 0. The van der Waals surface area contributed by atoms with Gasteiger partial charge in [0.1, 0.15) is 0 Å². The summed E-state index contributed by atoms with van der Waals surface area (Å²) in [5.41, 5.74) is 0.413. The van der Waals surface area contributed by atoms with E-state index in [0.717, 1.165) is 5.33 Å². The van der Waals surface area contributed by atoms with Crippen LogP contribution >= 0.6 is 39.1 Å². The van der Waals surface area contributed by atoms with Gasteiger partial charge in [-0.05, 0) is 18.2 Å². The Balaban J connectivity index is 2.42. The van der Waals surface area contributed by atoms with Gasteiger partial charge >= 0.3 is 0 Å². The fraction of sp³-hybridized carbons (Fsp3) is 0.364. The van der Waals surface area contributed by atoms with Gasteiger partial charge in [0, 0.05) is 16.9 Å². The minimum atomic E-state index is -0.228. The normalized spacial score (nSPS) is 10.3. The topological polar surface area (TPSA) is 38.3 Å². The lowest BCUT2D eigenvalue weighted by molar-refractivity contribution is 0.0924. The maximum absolute atomic E-state index is 11.7. The molecule has 0 aliphatic heterocycles. The summed E-state index contributed by atoms with van der Waals surface area (Å²) >= 11 is 14.9. The molecule has 0 heterocycles. The molecule has 0 bridgehead atoms. The first-order valence-corrected chi connectivity index (χ1v) is 6.90. The molecule has 17 heavy (non-hydrogen) atoms. The van der Waals surface area contributed by atoms with E-state index in [1.54, 1.807) is 18.2 Å². The quantitative estimate of drug-likeness (QED) is 0.638. The predicted octanol–water partition coefficient (Wildman–Crippen LogP) is 3.13. The van der Waals surface area contributed by atoms with Gasteiger partial charge in [-0.1, -0.05) is 39.1 Å².